The molecule has 0 aliphatic heterocycles. The molecule has 3 nitrogen and oxygen atoms in total. The van der Waals surface area contributed by atoms with E-state index in [1.807, 2.05) is 0 Å². The topological polar surface area (TPSA) is 48.1 Å². The second kappa shape index (κ2) is 3.53. The molecule has 1 rings (SSSR count). The van der Waals surface area contributed by atoms with Crippen LogP contribution in [0, 0.1) is 6.92 Å². The van der Waals surface area contributed by atoms with Gasteiger partial charge in [0.1, 0.15) is 5.15 Å². The number of ether oxygens (including phenoxy) is 1. The number of aromatic nitrogens is 1. The third-order valence-electron chi connectivity index (χ3n) is 1.45. The molecule has 0 radical (unpaired) electrons. The Hall–Kier alpha value is -1.17. The lowest BCUT2D eigenvalue weighted by Gasteiger charge is -2.13. The van der Waals surface area contributed by atoms with Gasteiger partial charge in [-0.1, -0.05) is 11.6 Å². The van der Waals surface area contributed by atoms with Gasteiger partial charge in [0.05, 0.1) is 11.9 Å². The molecule has 7 heteroatoms. The molecule has 14 heavy (non-hydrogen) atoms. The van der Waals surface area contributed by atoms with E-state index in [2.05, 4.69) is 9.72 Å². The highest BCUT2D eigenvalue weighted by Crippen LogP contribution is 2.33. The first kappa shape index (κ1) is 10.9. The second-order valence-electron chi connectivity index (χ2n) is 2.51. The van der Waals surface area contributed by atoms with Gasteiger partial charge in [-0.3, -0.25) is 0 Å². The zero-order valence-corrected chi connectivity index (χ0v) is 7.78. The Labute approximate surface area is 82.6 Å². The minimum absolute atomic E-state index is 0.0593. The average Bonchev–Trinajstić information content (AvgIpc) is 2.04. The standard InChI is InChI=1S/C7H6ClF3N2O/c1-3-5(14-7(9,10)11)4(12)2-13-6(3)8/h2H,12H2,1H3. The predicted molar refractivity (Wildman–Crippen MR) is 45.1 cm³/mol. The molecular weight excluding hydrogens is 221 g/mol. The summed E-state index contributed by atoms with van der Waals surface area (Å²) in [5, 5.41) is -0.0709. The fourth-order valence-electron chi connectivity index (χ4n) is 0.843. The number of nitrogens with zero attached hydrogens (tertiary/aromatic N) is 1. The van der Waals surface area contributed by atoms with Gasteiger partial charge in [-0.25, -0.2) is 4.98 Å². The van der Waals surface area contributed by atoms with Crippen LogP contribution in [0.15, 0.2) is 6.20 Å². The summed E-state index contributed by atoms with van der Waals surface area (Å²) in [7, 11) is 0. The molecule has 1 heterocycles. The van der Waals surface area contributed by atoms with Crippen LogP contribution in [0.5, 0.6) is 5.75 Å². The van der Waals surface area contributed by atoms with Crippen molar-refractivity contribution in [2.45, 2.75) is 13.3 Å². The Bertz CT molecular complexity index is 354. The molecule has 2 N–H and O–H groups in total. The minimum atomic E-state index is -4.79. The van der Waals surface area contributed by atoms with Gasteiger partial charge in [-0.05, 0) is 6.92 Å². The van der Waals surface area contributed by atoms with Crippen LogP contribution in [-0.4, -0.2) is 11.3 Å². The Morgan fingerprint density at radius 3 is 2.57 bits per heavy atom. The van der Waals surface area contributed by atoms with Crippen LogP contribution in [0.25, 0.3) is 0 Å². The molecule has 0 saturated carbocycles. The zero-order chi connectivity index (χ0) is 10.9. The van der Waals surface area contributed by atoms with Gasteiger partial charge in [0, 0.05) is 5.56 Å². The Kier molecular flexibility index (Phi) is 2.75. The average molecular weight is 227 g/mol. The monoisotopic (exact) mass is 226 g/mol. The third-order valence-corrected chi connectivity index (χ3v) is 1.83. The van der Waals surface area contributed by atoms with Crippen molar-refractivity contribution in [3.63, 3.8) is 0 Å². The summed E-state index contributed by atoms with van der Waals surface area (Å²) < 4.78 is 39.4. The fraction of sp³-hybridized carbons (Fsp3) is 0.286. The smallest absolute Gasteiger partial charge is 0.403 e. The highest BCUT2D eigenvalue weighted by Gasteiger charge is 2.33. The summed E-state index contributed by atoms with van der Waals surface area (Å²) >= 11 is 5.50. The van der Waals surface area contributed by atoms with Gasteiger partial charge in [-0.2, -0.15) is 0 Å². The highest BCUT2D eigenvalue weighted by molar-refractivity contribution is 6.30. The van der Waals surface area contributed by atoms with Gasteiger partial charge in [0.2, 0.25) is 0 Å². The maximum atomic E-state index is 11.9. The molecule has 0 unspecified atom stereocenters. The van der Waals surface area contributed by atoms with Crippen molar-refractivity contribution in [1.82, 2.24) is 4.98 Å². The number of pyridine rings is 1. The van der Waals surface area contributed by atoms with Gasteiger partial charge in [0.25, 0.3) is 0 Å². The van der Waals surface area contributed by atoms with Crippen molar-refractivity contribution in [3.8, 4) is 5.75 Å². The van der Waals surface area contributed by atoms with Crippen LogP contribution in [0.3, 0.4) is 0 Å². The Balaban J connectivity index is 3.13. The van der Waals surface area contributed by atoms with Crippen molar-refractivity contribution < 1.29 is 17.9 Å². The summed E-state index contributed by atoms with van der Waals surface area (Å²) in [6.07, 6.45) is -3.78. The quantitative estimate of drug-likeness (QED) is 0.749. The van der Waals surface area contributed by atoms with Crippen LogP contribution in [0.4, 0.5) is 18.9 Å². The molecule has 78 valence electrons. The van der Waals surface area contributed by atoms with Crippen LogP contribution in [-0.2, 0) is 0 Å². The summed E-state index contributed by atoms with van der Waals surface area (Å²) in [5.74, 6) is -0.502. The lowest BCUT2D eigenvalue weighted by Crippen LogP contribution is -2.19. The molecule has 1 aromatic heterocycles. The van der Waals surface area contributed by atoms with Crippen LogP contribution < -0.4 is 10.5 Å². The van der Waals surface area contributed by atoms with Gasteiger partial charge >= 0.3 is 6.36 Å². The molecule has 0 aromatic carbocycles. The maximum absolute atomic E-state index is 11.9. The van der Waals surface area contributed by atoms with E-state index < -0.39 is 12.1 Å². The lowest BCUT2D eigenvalue weighted by molar-refractivity contribution is -0.274. The molecule has 0 spiro atoms. The molecule has 0 bridgehead atoms. The number of anilines is 1. The number of alkyl halides is 3. The largest absolute Gasteiger partial charge is 0.573 e. The number of halogens is 4. The molecule has 0 atom stereocenters. The first-order valence-electron chi connectivity index (χ1n) is 3.47. The molecular formula is C7H6ClF3N2O. The molecule has 0 aliphatic rings. The number of hydrogen-bond donors (Lipinski definition) is 1. The second-order valence-corrected chi connectivity index (χ2v) is 2.86. The van der Waals surface area contributed by atoms with Gasteiger partial charge in [0.15, 0.2) is 5.75 Å². The van der Waals surface area contributed by atoms with Crippen LogP contribution >= 0.6 is 11.6 Å². The first-order valence-corrected chi connectivity index (χ1v) is 3.85. The van der Waals surface area contributed by atoms with Crippen molar-refractivity contribution in [2.75, 3.05) is 5.73 Å². The van der Waals surface area contributed by atoms with Crippen LogP contribution in [0.2, 0.25) is 5.15 Å². The van der Waals surface area contributed by atoms with Crippen molar-refractivity contribution in [2.24, 2.45) is 0 Å². The van der Waals surface area contributed by atoms with E-state index in [0.29, 0.717) is 0 Å². The summed E-state index contributed by atoms with van der Waals surface area (Å²) in [6.45, 7) is 1.34. The molecule has 0 fully saturated rings. The van der Waals surface area contributed by atoms with E-state index in [1.54, 1.807) is 0 Å². The SMILES string of the molecule is Cc1c(Cl)ncc(N)c1OC(F)(F)F. The number of nitrogen functional groups attached to an aromatic ring is 1. The zero-order valence-electron chi connectivity index (χ0n) is 7.02. The Morgan fingerprint density at radius 1 is 1.50 bits per heavy atom. The molecule has 0 saturated heterocycles. The lowest BCUT2D eigenvalue weighted by atomic mass is 10.2. The van der Waals surface area contributed by atoms with Gasteiger partial charge in [-0.15, -0.1) is 13.2 Å². The van der Waals surface area contributed by atoms with Crippen molar-refractivity contribution >= 4 is 17.3 Å². The van der Waals surface area contributed by atoms with E-state index in [4.69, 9.17) is 17.3 Å². The Morgan fingerprint density at radius 2 is 2.07 bits per heavy atom. The van der Waals surface area contributed by atoms with E-state index in [1.165, 1.54) is 6.92 Å². The summed E-state index contributed by atoms with van der Waals surface area (Å²) in [5.41, 5.74) is 5.11. The molecule has 0 amide bonds. The molecule has 1 aromatic rings. The fourth-order valence-corrected chi connectivity index (χ4v) is 0.978. The first-order chi connectivity index (χ1) is 6.31. The highest BCUT2D eigenvalue weighted by atomic mass is 35.5. The number of rotatable bonds is 1. The predicted octanol–water partition coefficient (Wildman–Crippen LogP) is 2.52. The van der Waals surface area contributed by atoms with E-state index in [-0.39, 0.29) is 16.4 Å². The van der Waals surface area contributed by atoms with Crippen molar-refractivity contribution in [1.29, 1.82) is 0 Å². The number of hydrogen-bond acceptors (Lipinski definition) is 3. The van der Waals surface area contributed by atoms with E-state index in [0.717, 1.165) is 6.20 Å². The maximum Gasteiger partial charge on any atom is 0.573 e. The van der Waals surface area contributed by atoms with Crippen molar-refractivity contribution in [3.05, 3.63) is 16.9 Å². The minimum Gasteiger partial charge on any atom is -0.403 e. The van der Waals surface area contributed by atoms with Gasteiger partial charge < -0.3 is 10.5 Å². The number of nitrogens with two attached hydrogens (primary N) is 1. The summed E-state index contributed by atoms with van der Waals surface area (Å²) in [6, 6.07) is 0. The normalized spacial score (nSPS) is 11.5. The van der Waals surface area contributed by atoms with E-state index in [9.17, 15) is 13.2 Å². The summed E-state index contributed by atoms with van der Waals surface area (Å²) in [4.78, 5) is 3.56. The molecule has 0 aliphatic carbocycles. The van der Waals surface area contributed by atoms with E-state index >= 15 is 0 Å². The third kappa shape index (κ3) is 2.41. The van der Waals surface area contributed by atoms with Crippen LogP contribution in [0.1, 0.15) is 5.56 Å².